The van der Waals surface area contributed by atoms with Gasteiger partial charge in [-0.3, -0.25) is 28.9 Å². The highest BCUT2D eigenvalue weighted by atomic mass is 32.2. The predicted octanol–water partition coefficient (Wildman–Crippen LogP) is 1.70. The number of aryl methyl sites for hydroxylation is 1. The summed E-state index contributed by atoms with van der Waals surface area (Å²) in [6.07, 6.45) is -1.17. The van der Waals surface area contributed by atoms with Gasteiger partial charge in [0.25, 0.3) is 11.1 Å². The SMILES string of the molecule is Cc1ccc(C(=O)CCC(=O)O[C@H](C)C(=O)NCCN2C(=O)CSC2=O)cc1. The molecule has 1 N–H and O–H groups in total. The molecule has 2 rings (SSSR count). The van der Waals surface area contributed by atoms with E-state index in [2.05, 4.69) is 5.32 Å². The Hall–Kier alpha value is -2.68. The molecule has 1 atom stereocenters. The summed E-state index contributed by atoms with van der Waals surface area (Å²) in [6.45, 7) is 3.47. The van der Waals surface area contributed by atoms with Gasteiger partial charge in [-0.25, -0.2) is 0 Å². The maximum atomic E-state index is 12.1. The van der Waals surface area contributed by atoms with Crippen LogP contribution in [0.15, 0.2) is 24.3 Å². The number of hydrogen-bond acceptors (Lipinski definition) is 7. The van der Waals surface area contributed by atoms with Crippen LogP contribution in [-0.4, -0.2) is 58.7 Å². The number of ether oxygens (including phenoxy) is 1. The highest BCUT2D eigenvalue weighted by Gasteiger charge is 2.29. The Morgan fingerprint density at radius 1 is 1.18 bits per heavy atom. The molecule has 0 aromatic heterocycles. The smallest absolute Gasteiger partial charge is 0.307 e. The summed E-state index contributed by atoms with van der Waals surface area (Å²) in [5.41, 5.74) is 1.56. The van der Waals surface area contributed by atoms with Gasteiger partial charge in [-0.15, -0.1) is 0 Å². The molecule has 0 saturated carbocycles. The summed E-state index contributed by atoms with van der Waals surface area (Å²) >= 11 is 0.922. The van der Waals surface area contributed by atoms with E-state index in [1.807, 2.05) is 19.1 Å². The van der Waals surface area contributed by atoms with Crippen molar-refractivity contribution in [2.45, 2.75) is 32.8 Å². The number of rotatable bonds is 9. The lowest BCUT2D eigenvalue weighted by Gasteiger charge is -2.16. The van der Waals surface area contributed by atoms with Crippen molar-refractivity contribution < 1.29 is 28.7 Å². The fourth-order valence-corrected chi connectivity index (χ4v) is 3.19. The molecule has 1 heterocycles. The van der Waals surface area contributed by atoms with E-state index in [4.69, 9.17) is 4.74 Å². The number of carbonyl (C=O) groups is 5. The van der Waals surface area contributed by atoms with Gasteiger partial charge >= 0.3 is 5.97 Å². The Morgan fingerprint density at radius 2 is 1.86 bits per heavy atom. The number of nitrogens with zero attached hydrogens (tertiary/aromatic N) is 1. The number of carbonyl (C=O) groups excluding carboxylic acids is 5. The maximum absolute atomic E-state index is 12.1. The monoisotopic (exact) mass is 406 g/mol. The summed E-state index contributed by atoms with van der Waals surface area (Å²) in [5.74, 6) is -1.54. The minimum atomic E-state index is -1.04. The molecule has 1 saturated heterocycles. The van der Waals surface area contributed by atoms with Crippen molar-refractivity contribution >= 4 is 40.6 Å². The first-order chi connectivity index (χ1) is 13.3. The van der Waals surface area contributed by atoms with E-state index in [0.29, 0.717) is 5.56 Å². The molecule has 1 aromatic carbocycles. The second-order valence-electron chi connectivity index (χ2n) is 6.31. The largest absolute Gasteiger partial charge is 0.453 e. The number of esters is 1. The molecule has 1 aliphatic heterocycles. The highest BCUT2D eigenvalue weighted by Crippen LogP contribution is 2.17. The lowest BCUT2D eigenvalue weighted by molar-refractivity contribution is -0.154. The van der Waals surface area contributed by atoms with E-state index in [-0.39, 0.29) is 48.6 Å². The van der Waals surface area contributed by atoms with Gasteiger partial charge in [0.15, 0.2) is 11.9 Å². The zero-order chi connectivity index (χ0) is 20.7. The average molecular weight is 406 g/mol. The van der Waals surface area contributed by atoms with Crippen LogP contribution in [0.25, 0.3) is 0 Å². The number of amides is 3. The molecule has 8 nitrogen and oxygen atoms in total. The van der Waals surface area contributed by atoms with E-state index < -0.39 is 18.0 Å². The number of hydrogen-bond donors (Lipinski definition) is 1. The van der Waals surface area contributed by atoms with Gasteiger partial charge in [0, 0.05) is 25.1 Å². The van der Waals surface area contributed by atoms with Crippen molar-refractivity contribution in [2.75, 3.05) is 18.8 Å². The fraction of sp³-hybridized carbons (Fsp3) is 0.421. The molecule has 1 aromatic rings. The first kappa shape index (κ1) is 21.6. The van der Waals surface area contributed by atoms with Crippen molar-refractivity contribution in [1.82, 2.24) is 10.2 Å². The minimum absolute atomic E-state index is 0.00686. The molecule has 1 fully saturated rings. The van der Waals surface area contributed by atoms with Crippen LogP contribution in [-0.2, 0) is 19.1 Å². The van der Waals surface area contributed by atoms with E-state index in [1.165, 1.54) is 6.92 Å². The van der Waals surface area contributed by atoms with Gasteiger partial charge in [-0.05, 0) is 13.8 Å². The van der Waals surface area contributed by atoms with Gasteiger partial charge in [0.1, 0.15) is 0 Å². The second-order valence-corrected chi connectivity index (χ2v) is 7.24. The summed E-state index contributed by atoms with van der Waals surface area (Å²) in [6, 6.07) is 7.04. The first-order valence-electron chi connectivity index (χ1n) is 8.82. The second kappa shape index (κ2) is 10.0. The van der Waals surface area contributed by atoms with Crippen LogP contribution in [0.4, 0.5) is 4.79 Å². The number of nitrogens with one attached hydrogen (secondary N) is 1. The van der Waals surface area contributed by atoms with Crippen LogP contribution in [0.2, 0.25) is 0 Å². The Balaban J connectivity index is 1.68. The van der Waals surface area contributed by atoms with Crippen molar-refractivity contribution in [3.05, 3.63) is 35.4 Å². The van der Waals surface area contributed by atoms with Gasteiger partial charge in [0.2, 0.25) is 5.91 Å². The summed E-state index contributed by atoms with van der Waals surface area (Å²) in [7, 11) is 0. The zero-order valence-electron chi connectivity index (χ0n) is 15.7. The number of benzene rings is 1. The Morgan fingerprint density at radius 3 is 2.46 bits per heavy atom. The quantitative estimate of drug-likeness (QED) is 0.491. The van der Waals surface area contributed by atoms with Crippen molar-refractivity contribution in [2.24, 2.45) is 0 Å². The number of imide groups is 1. The molecule has 28 heavy (non-hydrogen) atoms. The first-order valence-corrected chi connectivity index (χ1v) is 9.80. The molecule has 0 radical (unpaired) electrons. The van der Waals surface area contributed by atoms with Crippen LogP contribution in [0.1, 0.15) is 35.7 Å². The number of ketones is 1. The van der Waals surface area contributed by atoms with Crippen LogP contribution in [0.5, 0.6) is 0 Å². The van der Waals surface area contributed by atoms with E-state index in [0.717, 1.165) is 22.2 Å². The number of thioether (sulfide) groups is 1. The average Bonchev–Trinajstić information content (AvgIpc) is 2.98. The Kier molecular flexibility index (Phi) is 7.74. The summed E-state index contributed by atoms with van der Waals surface area (Å²) in [5, 5.41) is 2.18. The molecule has 0 unspecified atom stereocenters. The molecule has 0 spiro atoms. The molecule has 3 amide bonds. The van der Waals surface area contributed by atoms with Crippen LogP contribution in [0.3, 0.4) is 0 Å². The topological polar surface area (TPSA) is 110 Å². The molecule has 9 heteroatoms. The Labute approximate surface area is 167 Å². The third kappa shape index (κ3) is 6.19. The summed E-state index contributed by atoms with van der Waals surface area (Å²) in [4.78, 5) is 59.8. The molecular weight excluding hydrogens is 384 g/mol. The van der Waals surface area contributed by atoms with Crippen LogP contribution in [0, 0.1) is 6.92 Å². The maximum Gasteiger partial charge on any atom is 0.307 e. The summed E-state index contributed by atoms with van der Waals surface area (Å²) < 4.78 is 5.03. The molecular formula is C19H22N2O6S. The van der Waals surface area contributed by atoms with Crippen molar-refractivity contribution in [3.8, 4) is 0 Å². The lowest BCUT2D eigenvalue weighted by Crippen LogP contribution is -2.41. The predicted molar refractivity (Wildman–Crippen MR) is 103 cm³/mol. The van der Waals surface area contributed by atoms with Gasteiger partial charge < -0.3 is 10.1 Å². The fourth-order valence-electron chi connectivity index (χ4n) is 2.44. The normalized spacial score (nSPS) is 14.7. The third-order valence-corrected chi connectivity index (χ3v) is 4.94. The van der Waals surface area contributed by atoms with Gasteiger partial charge in [0.05, 0.1) is 12.2 Å². The van der Waals surface area contributed by atoms with Crippen LogP contribution < -0.4 is 5.32 Å². The van der Waals surface area contributed by atoms with Gasteiger partial charge in [-0.2, -0.15) is 0 Å². The van der Waals surface area contributed by atoms with Crippen molar-refractivity contribution in [1.29, 1.82) is 0 Å². The molecule has 0 bridgehead atoms. The molecule has 1 aliphatic rings. The molecule has 0 aliphatic carbocycles. The van der Waals surface area contributed by atoms with E-state index in [1.54, 1.807) is 12.1 Å². The number of Topliss-reactive ketones (excluding diaryl/α,β-unsaturated/α-hetero) is 1. The third-order valence-electron chi connectivity index (χ3n) is 4.08. The Bertz CT molecular complexity index is 761. The zero-order valence-corrected chi connectivity index (χ0v) is 16.5. The van der Waals surface area contributed by atoms with E-state index >= 15 is 0 Å². The molecule has 150 valence electrons. The highest BCUT2D eigenvalue weighted by molar-refractivity contribution is 8.14. The van der Waals surface area contributed by atoms with Crippen molar-refractivity contribution in [3.63, 3.8) is 0 Å². The van der Waals surface area contributed by atoms with Crippen LogP contribution >= 0.6 is 11.8 Å². The minimum Gasteiger partial charge on any atom is -0.453 e. The standard InChI is InChI=1S/C19H22N2O6S/c1-12-3-5-14(6-4-12)15(22)7-8-17(24)27-13(2)18(25)20-9-10-21-16(23)11-28-19(21)26/h3-6,13H,7-11H2,1-2H3,(H,20,25)/t13-/m1/s1. The van der Waals surface area contributed by atoms with E-state index in [9.17, 15) is 24.0 Å². The van der Waals surface area contributed by atoms with Gasteiger partial charge in [-0.1, -0.05) is 41.6 Å². The lowest BCUT2D eigenvalue weighted by atomic mass is 10.1.